The molecule has 3 heterocycles. The monoisotopic (exact) mass is 550 g/mol. The Hall–Kier alpha value is -1.99. The Labute approximate surface area is 219 Å². The molecule has 3 aliphatic rings. The zero-order valence-corrected chi connectivity index (χ0v) is 21.2. The van der Waals surface area contributed by atoms with Crippen LogP contribution in [0.3, 0.4) is 0 Å². The summed E-state index contributed by atoms with van der Waals surface area (Å²) in [6.45, 7) is 3.83. The van der Waals surface area contributed by atoms with Gasteiger partial charge in [0.25, 0.3) is 0 Å². The van der Waals surface area contributed by atoms with E-state index in [9.17, 15) is 30.3 Å². The van der Waals surface area contributed by atoms with Crippen molar-refractivity contribution in [1.82, 2.24) is 10.0 Å². The minimum Gasteiger partial charge on any atom is -0.457 e. The molecule has 0 aromatic rings. The van der Waals surface area contributed by atoms with Crippen molar-refractivity contribution in [2.45, 2.75) is 56.1 Å². The average Bonchev–Trinajstić information content (AvgIpc) is 2.93. The molecule has 3 rings (SSSR count). The van der Waals surface area contributed by atoms with Crippen LogP contribution in [0.4, 0.5) is 0 Å². The fraction of sp³-hybridized carbons (Fsp3) is 0.864. The third-order valence-electron chi connectivity index (χ3n) is 5.99. The molecule has 3 aliphatic heterocycles. The standard InChI is InChI=1S/C22H38N4O12/c1-14(29)35-21-19(31)17(13-28)38-22(20(21)32)37-15(10-23-25-2-6-33-7-3-25)16(12-27)36-18(30)11-24-26-4-8-34-9-5-26/h10-11,15-22,27-28,30-32H,2-9,12-13H2,1H3/b23-10+,24-11-/t15-,16+,17-,18-,19-,20+,21-,22-/m0/s1. The number of ether oxygens (including phenoxy) is 6. The first-order chi connectivity index (χ1) is 18.3. The van der Waals surface area contributed by atoms with Crippen molar-refractivity contribution in [3.63, 3.8) is 0 Å². The number of esters is 1. The van der Waals surface area contributed by atoms with Gasteiger partial charge in [-0.3, -0.25) is 14.8 Å². The molecular weight excluding hydrogens is 512 g/mol. The largest absolute Gasteiger partial charge is 0.457 e. The molecule has 0 amide bonds. The van der Waals surface area contributed by atoms with E-state index < -0.39 is 68.4 Å². The number of carbonyl (C=O) groups is 1. The van der Waals surface area contributed by atoms with E-state index in [0.29, 0.717) is 52.6 Å². The third kappa shape index (κ3) is 9.04. The van der Waals surface area contributed by atoms with E-state index in [0.717, 1.165) is 13.1 Å². The molecule has 16 heteroatoms. The van der Waals surface area contributed by atoms with Crippen molar-refractivity contribution >= 4 is 18.4 Å². The van der Waals surface area contributed by atoms with Crippen LogP contribution < -0.4 is 0 Å². The molecule has 0 radical (unpaired) electrons. The molecule has 0 aliphatic carbocycles. The fourth-order valence-electron chi connectivity index (χ4n) is 3.96. The summed E-state index contributed by atoms with van der Waals surface area (Å²) in [6, 6.07) is 0. The van der Waals surface area contributed by atoms with Crippen LogP contribution in [0.2, 0.25) is 0 Å². The Morgan fingerprint density at radius 3 is 2.11 bits per heavy atom. The van der Waals surface area contributed by atoms with Gasteiger partial charge in [0.1, 0.15) is 30.5 Å². The minimum absolute atomic E-state index is 0.462. The first kappa shape index (κ1) is 30.6. The van der Waals surface area contributed by atoms with Crippen LogP contribution in [-0.2, 0) is 33.2 Å². The summed E-state index contributed by atoms with van der Waals surface area (Å²) in [5.74, 6) is -0.768. The number of carbonyl (C=O) groups excluding carboxylic acids is 1. The van der Waals surface area contributed by atoms with E-state index >= 15 is 0 Å². The van der Waals surface area contributed by atoms with Crippen molar-refractivity contribution in [1.29, 1.82) is 0 Å². The van der Waals surface area contributed by atoms with Gasteiger partial charge in [0.15, 0.2) is 18.7 Å². The Morgan fingerprint density at radius 2 is 1.58 bits per heavy atom. The lowest BCUT2D eigenvalue weighted by Gasteiger charge is -2.42. The number of hydrazone groups is 2. The van der Waals surface area contributed by atoms with Gasteiger partial charge in [0.05, 0.1) is 78.2 Å². The highest BCUT2D eigenvalue weighted by Crippen LogP contribution is 2.26. The van der Waals surface area contributed by atoms with E-state index in [4.69, 9.17) is 28.4 Å². The second-order valence-electron chi connectivity index (χ2n) is 8.79. The molecule has 8 atom stereocenters. The number of hydrogen-bond acceptors (Lipinski definition) is 16. The molecule has 0 unspecified atom stereocenters. The first-order valence-electron chi connectivity index (χ1n) is 12.5. The summed E-state index contributed by atoms with van der Waals surface area (Å²) >= 11 is 0. The molecular formula is C22H38N4O12. The van der Waals surface area contributed by atoms with E-state index in [1.807, 2.05) is 0 Å². The smallest absolute Gasteiger partial charge is 0.303 e. The first-order valence-corrected chi connectivity index (χ1v) is 12.5. The highest BCUT2D eigenvalue weighted by Gasteiger charge is 2.48. The zero-order chi connectivity index (χ0) is 27.5. The molecule has 0 aromatic carbocycles. The zero-order valence-electron chi connectivity index (χ0n) is 21.2. The number of hydrogen-bond donors (Lipinski definition) is 5. The van der Waals surface area contributed by atoms with Crippen LogP contribution in [0.25, 0.3) is 0 Å². The Kier molecular flexibility index (Phi) is 12.5. The molecule has 5 N–H and O–H groups in total. The number of morpholine rings is 2. The van der Waals surface area contributed by atoms with Gasteiger partial charge in [-0.1, -0.05) is 0 Å². The molecule has 38 heavy (non-hydrogen) atoms. The van der Waals surface area contributed by atoms with Crippen LogP contribution in [0, 0.1) is 0 Å². The maximum atomic E-state index is 11.5. The predicted octanol–water partition coefficient (Wildman–Crippen LogP) is -3.93. The highest BCUT2D eigenvalue weighted by molar-refractivity contribution is 5.66. The molecule has 3 fully saturated rings. The van der Waals surface area contributed by atoms with Crippen molar-refractivity contribution in [2.24, 2.45) is 10.2 Å². The molecule has 3 saturated heterocycles. The number of rotatable bonds is 12. The van der Waals surface area contributed by atoms with Gasteiger partial charge in [0, 0.05) is 6.92 Å². The number of nitrogens with zero attached hydrogens (tertiary/aromatic N) is 4. The SMILES string of the molecule is CC(=O)O[C@H]1[C@@H](O)[C@H](CO)O[C@H](O[C@@H](/C=N/N2CCOCC2)[C@@H](CO)O[C@H](O)/C=N\N2CCOCC2)[C@@H]1O. The Bertz CT molecular complexity index is 765. The van der Waals surface area contributed by atoms with Gasteiger partial charge in [-0.15, -0.1) is 0 Å². The predicted molar refractivity (Wildman–Crippen MR) is 128 cm³/mol. The number of aliphatic hydroxyl groups is 5. The molecule has 0 saturated carbocycles. The third-order valence-corrected chi connectivity index (χ3v) is 5.99. The van der Waals surface area contributed by atoms with Crippen LogP contribution in [0.5, 0.6) is 0 Å². The lowest BCUT2D eigenvalue weighted by Crippen LogP contribution is -2.61. The minimum atomic E-state index is -1.66. The van der Waals surface area contributed by atoms with Crippen molar-refractivity contribution in [3.05, 3.63) is 0 Å². The van der Waals surface area contributed by atoms with Crippen LogP contribution >= 0.6 is 0 Å². The summed E-state index contributed by atoms with van der Waals surface area (Å²) in [7, 11) is 0. The van der Waals surface area contributed by atoms with E-state index in [1.54, 1.807) is 10.0 Å². The van der Waals surface area contributed by atoms with Gasteiger partial charge in [-0.05, 0) is 0 Å². The molecule has 16 nitrogen and oxygen atoms in total. The summed E-state index contributed by atoms with van der Waals surface area (Å²) in [5, 5.41) is 63.1. The fourth-order valence-corrected chi connectivity index (χ4v) is 3.96. The summed E-state index contributed by atoms with van der Waals surface area (Å²) in [4.78, 5) is 11.5. The number of aliphatic hydroxyl groups excluding tert-OH is 5. The van der Waals surface area contributed by atoms with E-state index in [1.165, 1.54) is 6.21 Å². The van der Waals surface area contributed by atoms with Gasteiger partial charge in [-0.2, -0.15) is 10.2 Å². The lowest BCUT2D eigenvalue weighted by molar-refractivity contribution is -0.315. The Morgan fingerprint density at radius 1 is 1.00 bits per heavy atom. The van der Waals surface area contributed by atoms with E-state index in [-0.39, 0.29) is 0 Å². The maximum Gasteiger partial charge on any atom is 0.303 e. The highest BCUT2D eigenvalue weighted by atomic mass is 16.7. The molecule has 218 valence electrons. The van der Waals surface area contributed by atoms with Gasteiger partial charge in [0.2, 0.25) is 0 Å². The average molecular weight is 551 g/mol. The van der Waals surface area contributed by atoms with Crippen molar-refractivity contribution in [2.75, 3.05) is 65.8 Å². The topological polar surface area (TPSA) is 205 Å². The molecule has 0 spiro atoms. The summed E-state index contributed by atoms with van der Waals surface area (Å²) in [6.07, 6.45) is -8.91. The lowest BCUT2D eigenvalue weighted by atomic mass is 9.99. The Balaban J connectivity index is 1.75. The molecule has 0 aromatic heterocycles. The second-order valence-corrected chi connectivity index (χ2v) is 8.79. The normalized spacial score (nSPS) is 31.5. The van der Waals surface area contributed by atoms with Crippen LogP contribution in [-0.4, -0.2) is 169 Å². The summed E-state index contributed by atoms with van der Waals surface area (Å²) < 4.78 is 32.5. The van der Waals surface area contributed by atoms with Gasteiger partial charge >= 0.3 is 5.97 Å². The van der Waals surface area contributed by atoms with Crippen LogP contribution in [0.15, 0.2) is 10.2 Å². The summed E-state index contributed by atoms with van der Waals surface area (Å²) in [5.41, 5.74) is 0. The maximum absolute atomic E-state index is 11.5. The van der Waals surface area contributed by atoms with Crippen molar-refractivity contribution in [3.8, 4) is 0 Å². The quantitative estimate of drug-likeness (QED) is 0.0895. The van der Waals surface area contributed by atoms with Gasteiger partial charge < -0.3 is 54.0 Å². The van der Waals surface area contributed by atoms with Gasteiger partial charge in [-0.25, -0.2) is 0 Å². The van der Waals surface area contributed by atoms with E-state index in [2.05, 4.69) is 10.2 Å². The second kappa shape index (κ2) is 15.6. The van der Waals surface area contributed by atoms with Crippen molar-refractivity contribution < 1.29 is 58.7 Å². The molecule has 0 bridgehead atoms. The van der Waals surface area contributed by atoms with Crippen LogP contribution in [0.1, 0.15) is 6.92 Å².